The molecule has 7 nitrogen and oxygen atoms in total. The molecule has 242 valence electrons. The minimum absolute atomic E-state index is 0.117. The first kappa shape index (κ1) is 33.5. The molecule has 2 N–H and O–H groups in total. The smallest absolute Gasteiger partial charge is 0.329 e. The number of halogens is 1. The van der Waals surface area contributed by atoms with Gasteiger partial charge in [-0.2, -0.15) is 0 Å². The Morgan fingerprint density at radius 2 is 1.35 bits per heavy atom. The normalized spacial score (nSPS) is 15.0. The van der Waals surface area contributed by atoms with Crippen LogP contribution in [0, 0.1) is 0 Å². The van der Waals surface area contributed by atoms with Crippen LogP contribution in [-0.2, 0) is 19.7 Å². The molecule has 1 aliphatic rings. The van der Waals surface area contributed by atoms with E-state index in [2.05, 4.69) is 72.8 Å². The predicted octanol–water partition coefficient (Wildman–Crippen LogP) is 7.08. The number of benzene rings is 4. The first-order valence-electron chi connectivity index (χ1n) is 15.6. The van der Waals surface area contributed by atoms with Crippen LogP contribution in [0.1, 0.15) is 48.9 Å². The predicted molar refractivity (Wildman–Crippen MR) is 179 cm³/mol. The number of fused-ring (bicyclic) bond motifs is 3. The van der Waals surface area contributed by atoms with Crippen molar-refractivity contribution in [2.75, 3.05) is 38.9 Å². The molecule has 5 rings (SSSR count). The molecular weight excluding hydrogens is 604 g/mol. The molecule has 0 spiro atoms. The Morgan fingerprint density at radius 1 is 0.804 bits per heavy atom. The Hall–Kier alpha value is -3.88. The summed E-state index contributed by atoms with van der Waals surface area (Å²) in [7, 11) is 0. The van der Waals surface area contributed by atoms with Crippen LogP contribution < -0.4 is 9.47 Å². The Kier molecular flexibility index (Phi) is 11.0. The van der Waals surface area contributed by atoms with Gasteiger partial charge in [0.1, 0.15) is 37.4 Å². The number of aliphatic hydroxyl groups is 1. The highest BCUT2D eigenvalue weighted by Gasteiger charge is 2.45. The SMILES string of the molecule is CCC(C)(CCOCCOc1ccc(C2(c3ccc(OC[C@H](O)CCl)cc3)c3ccccc3-c3ccccc32)cc1)OCC(=O)O. The average Bonchev–Trinajstić information content (AvgIpc) is 3.39. The van der Waals surface area contributed by atoms with E-state index in [4.69, 9.17) is 35.7 Å². The van der Waals surface area contributed by atoms with E-state index in [1.165, 1.54) is 22.3 Å². The van der Waals surface area contributed by atoms with Crippen LogP contribution in [-0.4, -0.2) is 66.8 Å². The maximum atomic E-state index is 10.9. The molecule has 0 bridgehead atoms. The largest absolute Gasteiger partial charge is 0.491 e. The van der Waals surface area contributed by atoms with Crippen LogP contribution in [0.5, 0.6) is 11.5 Å². The van der Waals surface area contributed by atoms with Crippen molar-refractivity contribution in [3.63, 3.8) is 0 Å². The van der Waals surface area contributed by atoms with Gasteiger partial charge in [0, 0.05) is 6.61 Å². The fourth-order valence-electron chi connectivity index (χ4n) is 6.06. The second kappa shape index (κ2) is 15.1. The van der Waals surface area contributed by atoms with Crippen molar-refractivity contribution >= 4 is 17.6 Å². The maximum Gasteiger partial charge on any atom is 0.329 e. The van der Waals surface area contributed by atoms with E-state index < -0.39 is 23.1 Å². The highest BCUT2D eigenvalue weighted by atomic mass is 35.5. The fraction of sp³-hybridized carbons (Fsp3) is 0.342. The van der Waals surface area contributed by atoms with Gasteiger partial charge in [-0.05, 0) is 77.4 Å². The molecule has 0 saturated heterocycles. The lowest BCUT2D eigenvalue weighted by Gasteiger charge is -2.34. The third kappa shape index (κ3) is 7.24. The number of rotatable bonds is 17. The number of hydrogen-bond donors (Lipinski definition) is 2. The van der Waals surface area contributed by atoms with Gasteiger partial charge in [0.2, 0.25) is 0 Å². The summed E-state index contributed by atoms with van der Waals surface area (Å²) in [6.07, 6.45) is 0.564. The summed E-state index contributed by atoms with van der Waals surface area (Å²) in [4.78, 5) is 10.9. The summed E-state index contributed by atoms with van der Waals surface area (Å²) in [5.41, 5.74) is 5.93. The lowest BCUT2D eigenvalue weighted by atomic mass is 9.68. The van der Waals surface area contributed by atoms with Crippen molar-refractivity contribution in [2.24, 2.45) is 0 Å². The van der Waals surface area contributed by atoms with Crippen molar-refractivity contribution in [2.45, 2.75) is 43.8 Å². The Morgan fingerprint density at radius 3 is 1.87 bits per heavy atom. The molecule has 0 saturated carbocycles. The van der Waals surface area contributed by atoms with Gasteiger partial charge in [-0.3, -0.25) is 0 Å². The van der Waals surface area contributed by atoms with E-state index in [9.17, 15) is 9.90 Å². The van der Waals surface area contributed by atoms with Crippen molar-refractivity contribution in [1.82, 2.24) is 0 Å². The van der Waals surface area contributed by atoms with E-state index in [0.29, 0.717) is 38.4 Å². The molecule has 4 aromatic carbocycles. The van der Waals surface area contributed by atoms with Crippen LogP contribution in [0.3, 0.4) is 0 Å². The van der Waals surface area contributed by atoms with Gasteiger partial charge in [0.05, 0.1) is 23.5 Å². The first-order valence-corrected chi connectivity index (χ1v) is 16.2. The fourth-order valence-corrected chi connectivity index (χ4v) is 6.15. The van der Waals surface area contributed by atoms with E-state index >= 15 is 0 Å². The lowest BCUT2D eigenvalue weighted by Crippen LogP contribution is -2.32. The molecule has 1 aliphatic carbocycles. The average molecular weight is 645 g/mol. The van der Waals surface area contributed by atoms with E-state index in [-0.39, 0.29) is 19.1 Å². The van der Waals surface area contributed by atoms with Gasteiger partial charge >= 0.3 is 5.97 Å². The standard InChI is InChI=1S/C38H41ClO7/c1-3-37(2,46-26-36(41)42)20-21-43-22-23-44-30-16-12-27(13-17-30)38(28-14-18-31(19-15-28)45-25-29(40)24-39)34-10-6-4-8-32(34)33-9-5-7-11-35(33)38/h4-19,29,40H,3,20-26H2,1-2H3,(H,41,42)/t29-,37?/m1/s1. The van der Waals surface area contributed by atoms with E-state index in [0.717, 1.165) is 16.9 Å². The van der Waals surface area contributed by atoms with Gasteiger partial charge in [-0.15, -0.1) is 11.6 Å². The molecule has 0 fully saturated rings. The second-order valence-corrected chi connectivity index (χ2v) is 12.0. The summed E-state index contributed by atoms with van der Waals surface area (Å²) >= 11 is 5.74. The van der Waals surface area contributed by atoms with Crippen LogP contribution in [0.2, 0.25) is 0 Å². The Bertz CT molecular complexity index is 1540. The minimum atomic E-state index is -0.977. The molecule has 0 amide bonds. The number of alkyl halides is 1. The molecule has 0 heterocycles. The van der Waals surface area contributed by atoms with Gasteiger partial charge in [-0.25, -0.2) is 4.79 Å². The number of carbonyl (C=O) groups is 1. The number of ether oxygens (including phenoxy) is 4. The highest BCUT2D eigenvalue weighted by molar-refractivity contribution is 6.18. The van der Waals surface area contributed by atoms with Crippen LogP contribution in [0.15, 0.2) is 97.1 Å². The van der Waals surface area contributed by atoms with Crippen LogP contribution in [0.25, 0.3) is 11.1 Å². The zero-order chi connectivity index (χ0) is 32.6. The number of aliphatic carboxylic acids is 1. The monoisotopic (exact) mass is 644 g/mol. The van der Waals surface area contributed by atoms with Crippen molar-refractivity contribution in [1.29, 1.82) is 0 Å². The molecule has 8 heteroatoms. The molecule has 0 aromatic heterocycles. The summed E-state index contributed by atoms with van der Waals surface area (Å²) < 4.78 is 23.1. The second-order valence-electron chi connectivity index (χ2n) is 11.7. The number of carboxylic acids is 1. The van der Waals surface area contributed by atoms with Crippen molar-refractivity contribution < 1.29 is 34.0 Å². The summed E-state index contributed by atoms with van der Waals surface area (Å²) in [6.45, 7) is 4.93. The minimum Gasteiger partial charge on any atom is -0.491 e. The lowest BCUT2D eigenvalue weighted by molar-refractivity contribution is -0.150. The molecular formula is C38H41ClO7. The van der Waals surface area contributed by atoms with Crippen LogP contribution >= 0.6 is 11.6 Å². The van der Waals surface area contributed by atoms with E-state index in [1.54, 1.807) is 0 Å². The third-order valence-corrected chi connectivity index (χ3v) is 9.07. The molecule has 2 atom stereocenters. The van der Waals surface area contributed by atoms with Crippen molar-refractivity contribution in [3.8, 4) is 22.6 Å². The molecule has 0 radical (unpaired) electrons. The Balaban J connectivity index is 1.33. The highest BCUT2D eigenvalue weighted by Crippen LogP contribution is 2.56. The van der Waals surface area contributed by atoms with Gasteiger partial charge in [-0.1, -0.05) is 79.7 Å². The summed E-state index contributed by atoms with van der Waals surface area (Å²) in [5.74, 6) is 0.550. The van der Waals surface area contributed by atoms with Crippen LogP contribution in [0.4, 0.5) is 0 Å². The van der Waals surface area contributed by atoms with Crippen molar-refractivity contribution in [3.05, 3.63) is 119 Å². The summed E-state index contributed by atoms with van der Waals surface area (Å²) in [6, 6.07) is 33.4. The Labute approximate surface area is 275 Å². The zero-order valence-electron chi connectivity index (χ0n) is 26.3. The molecule has 4 aromatic rings. The number of aliphatic hydroxyl groups excluding tert-OH is 1. The molecule has 46 heavy (non-hydrogen) atoms. The molecule has 1 unspecified atom stereocenters. The van der Waals surface area contributed by atoms with Gasteiger partial charge in [0.15, 0.2) is 0 Å². The van der Waals surface area contributed by atoms with E-state index in [1.807, 2.05) is 38.1 Å². The van der Waals surface area contributed by atoms with Gasteiger partial charge in [0.25, 0.3) is 0 Å². The topological polar surface area (TPSA) is 94.5 Å². The van der Waals surface area contributed by atoms with Gasteiger partial charge < -0.3 is 29.2 Å². The number of carboxylic acid groups (broad SMARTS) is 1. The first-order chi connectivity index (χ1) is 22.3. The summed E-state index contributed by atoms with van der Waals surface area (Å²) in [5, 5.41) is 18.8. The zero-order valence-corrected chi connectivity index (χ0v) is 27.0. The third-order valence-electron chi connectivity index (χ3n) is 8.71. The number of hydrogen-bond acceptors (Lipinski definition) is 6. The molecule has 0 aliphatic heterocycles. The maximum absolute atomic E-state index is 10.9. The quantitative estimate of drug-likeness (QED) is 0.0825.